The molecule has 0 fully saturated rings. The number of aromatic nitrogens is 2. The zero-order valence-corrected chi connectivity index (χ0v) is 13.0. The van der Waals surface area contributed by atoms with Gasteiger partial charge in [-0.15, -0.1) is 0 Å². The molecule has 0 saturated heterocycles. The maximum Gasteiger partial charge on any atom is 0.345 e. The van der Waals surface area contributed by atoms with Crippen molar-refractivity contribution in [2.45, 2.75) is 19.9 Å². The van der Waals surface area contributed by atoms with E-state index in [0.29, 0.717) is 24.8 Å². The van der Waals surface area contributed by atoms with Crippen molar-refractivity contribution in [3.05, 3.63) is 29.6 Å². The SMILES string of the molecule is CCOC(=O)c1c(-c2c(F)cccc2OC)nn2c1OCCC2. The van der Waals surface area contributed by atoms with Gasteiger partial charge in [0.25, 0.3) is 0 Å². The predicted molar refractivity (Wildman–Crippen MR) is 80.2 cm³/mol. The fraction of sp³-hybridized carbons (Fsp3) is 0.375. The third-order valence-electron chi connectivity index (χ3n) is 3.57. The number of carbonyl (C=O) groups excluding carboxylic acids is 1. The van der Waals surface area contributed by atoms with Gasteiger partial charge in [0, 0.05) is 13.0 Å². The van der Waals surface area contributed by atoms with Crippen molar-refractivity contribution in [1.82, 2.24) is 9.78 Å². The number of aryl methyl sites for hydroxylation is 1. The lowest BCUT2D eigenvalue weighted by Crippen LogP contribution is -2.16. The van der Waals surface area contributed by atoms with E-state index in [4.69, 9.17) is 14.2 Å². The van der Waals surface area contributed by atoms with E-state index >= 15 is 0 Å². The van der Waals surface area contributed by atoms with Gasteiger partial charge in [-0.25, -0.2) is 13.9 Å². The maximum atomic E-state index is 14.4. The molecule has 1 aliphatic heterocycles. The summed E-state index contributed by atoms with van der Waals surface area (Å²) in [7, 11) is 1.44. The van der Waals surface area contributed by atoms with Crippen LogP contribution in [0.4, 0.5) is 4.39 Å². The molecule has 1 aromatic heterocycles. The van der Waals surface area contributed by atoms with Crippen LogP contribution in [0.15, 0.2) is 18.2 Å². The first kappa shape index (κ1) is 15.3. The number of carbonyl (C=O) groups is 1. The molecule has 1 aromatic carbocycles. The molecule has 2 aromatic rings. The number of ether oxygens (including phenoxy) is 3. The lowest BCUT2D eigenvalue weighted by molar-refractivity contribution is 0.0520. The minimum absolute atomic E-state index is 0.128. The molecule has 0 spiro atoms. The Bertz CT molecular complexity index is 742. The summed E-state index contributed by atoms with van der Waals surface area (Å²) in [5, 5.41) is 4.36. The molecule has 1 aliphatic rings. The van der Waals surface area contributed by atoms with Crippen molar-refractivity contribution in [2.75, 3.05) is 20.3 Å². The molecule has 0 aliphatic carbocycles. The van der Waals surface area contributed by atoms with Crippen LogP contribution in [-0.2, 0) is 11.3 Å². The summed E-state index contributed by atoms with van der Waals surface area (Å²) < 4.78 is 31.9. The van der Waals surface area contributed by atoms with Crippen molar-refractivity contribution < 1.29 is 23.4 Å². The van der Waals surface area contributed by atoms with Crippen molar-refractivity contribution in [1.29, 1.82) is 0 Å². The summed E-state index contributed by atoms with van der Waals surface area (Å²) in [4.78, 5) is 12.4. The molecular weight excluding hydrogens is 303 g/mol. The van der Waals surface area contributed by atoms with E-state index in [1.54, 1.807) is 17.7 Å². The highest BCUT2D eigenvalue weighted by Gasteiger charge is 2.31. The van der Waals surface area contributed by atoms with Crippen molar-refractivity contribution in [3.63, 3.8) is 0 Å². The van der Waals surface area contributed by atoms with Crippen LogP contribution in [0.1, 0.15) is 23.7 Å². The van der Waals surface area contributed by atoms with Crippen LogP contribution in [0.2, 0.25) is 0 Å². The van der Waals surface area contributed by atoms with Gasteiger partial charge >= 0.3 is 5.97 Å². The number of fused-ring (bicyclic) bond motifs is 1. The third-order valence-corrected chi connectivity index (χ3v) is 3.57. The Morgan fingerprint density at radius 1 is 1.48 bits per heavy atom. The van der Waals surface area contributed by atoms with Gasteiger partial charge in [0.15, 0.2) is 0 Å². The molecule has 0 saturated carbocycles. The van der Waals surface area contributed by atoms with Crippen molar-refractivity contribution >= 4 is 5.97 Å². The number of halogens is 1. The summed E-state index contributed by atoms with van der Waals surface area (Å²) >= 11 is 0. The first-order valence-corrected chi connectivity index (χ1v) is 7.41. The molecular formula is C16H17FN2O4. The average molecular weight is 320 g/mol. The fourth-order valence-electron chi connectivity index (χ4n) is 2.59. The van der Waals surface area contributed by atoms with Crippen LogP contribution >= 0.6 is 0 Å². The highest BCUT2D eigenvalue weighted by molar-refractivity contribution is 5.99. The maximum absolute atomic E-state index is 14.4. The zero-order valence-electron chi connectivity index (χ0n) is 13.0. The van der Waals surface area contributed by atoms with Gasteiger partial charge in [-0.3, -0.25) is 0 Å². The minimum atomic E-state index is -0.587. The second-order valence-corrected chi connectivity index (χ2v) is 4.99. The van der Waals surface area contributed by atoms with Gasteiger partial charge in [0.2, 0.25) is 5.88 Å². The first-order chi connectivity index (χ1) is 11.2. The van der Waals surface area contributed by atoms with Gasteiger partial charge in [-0.2, -0.15) is 5.10 Å². The summed E-state index contributed by atoms with van der Waals surface area (Å²) in [6.07, 6.45) is 0.769. The smallest absolute Gasteiger partial charge is 0.345 e. The molecule has 0 amide bonds. The monoisotopic (exact) mass is 320 g/mol. The number of benzene rings is 1. The highest BCUT2D eigenvalue weighted by atomic mass is 19.1. The number of hydrogen-bond donors (Lipinski definition) is 0. The second-order valence-electron chi connectivity index (χ2n) is 4.99. The van der Waals surface area contributed by atoms with Crippen molar-refractivity contribution in [3.8, 4) is 22.9 Å². The number of esters is 1. The Hall–Kier alpha value is -2.57. The number of methoxy groups -OCH3 is 1. The molecule has 0 bridgehead atoms. The molecule has 0 N–H and O–H groups in total. The Balaban J connectivity index is 2.23. The van der Waals surface area contributed by atoms with E-state index in [1.165, 1.54) is 19.2 Å². The van der Waals surface area contributed by atoms with Crippen LogP contribution in [0.25, 0.3) is 11.3 Å². The van der Waals surface area contributed by atoms with E-state index in [1.807, 2.05) is 0 Å². The molecule has 7 heteroatoms. The fourth-order valence-corrected chi connectivity index (χ4v) is 2.59. The van der Waals surface area contributed by atoms with Crippen LogP contribution in [0.3, 0.4) is 0 Å². The molecule has 0 unspecified atom stereocenters. The lowest BCUT2D eigenvalue weighted by atomic mass is 10.1. The van der Waals surface area contributed by atoms with Crippen LogP contribution in [-0.4, -0.2) is 36.1 Å². The summed E-state index contributed by atoms with van der Waals surface area (Å²) in [5.41, 5.74) is 0.439. The lowest BCUT2D eigenvalue weighted by Gasteiger charge is -2.15. The number of nitrogens with zero attached hydrogens (tertiary/aromatic N) is 2. The quantitative estimate of drug-likeness (QED) is 0.811. The van der Waals surface area contributed by atoms with Gasteiger partial charge < -0.3 is 14.2 Å². The third kappa shape index (κ3) is 2.62. The Morgan fingerprint density at radius 3 is 3.04 bits per heavy atom. The van der Waals surface area contributed by atoms with Gasteiger partial charge in [-0.05, 0) is 19.1 Å². The van der Waals surface area contributed by atoms with E-state index < -0.39 is 11.8 Å². The topological polar surface area (TPSA) is 62.6 Å². The summed E-state index contributed by atoms with van der Waals surface area (Å²) in [5.74, 6) is -0.498. The van der Waals surface area contributed by atoms with Crippen LogP contribution in [0.5, 0.6) is 11.6 Å². The Morgan fingerprint density at radius 2 is 2.30 bits per heavy atom. The highest BCUT2D eigenvalue weighted by Crippen LogP contribution is 2.39. The van der Waals surface area contributed by atoms with E-state index in [-0.39, 0.29) is 23.4 Å². The Kier molecular flexibility index (Phi) is 4.18. The van der Waals surface area contributed by atoms with Crippen LogP contribution in [0, 0.1) is 5.82 Å². The first-order valence-electron chi connectivity index (χ1n) is 7.41. The molecule has 0 radical (unpaired) electrons. The second kappa shape index (κ2) is 6.28. The molecule has 3 rings (SSSR count). The molecule has 6 nitrogen and oxygen atoms in total. The standard InChI is InChI=1S/C16H17FN2O4/c1-3-22-16(20)13-14(18-19-8-5-9-23-15(13)19)12-10(17)6-4-7-11(12)21-2/h4,6-7H,3,5,8-9H2,1-2H3. The largest absolute Gasteiger partial charge is 0.496 e. The van der Waals surface area contributed by atoms with Gasteiger partial charge in [0.1, 0.15) is 22.8 Å². The average Bonchev–Trinajstić information content (AvgIpc) is 2.93. The molecule has 0 atom stereocenters. The summed E-state index contributed by atoms with van der Waals surface area (Å²) in [6.45, 7) is 2.99. The number of rotatable bonds is 4. The number of hydrogen-bond acceptors (Lipinski definition) is 5. The van der Waals surface area contributed by atoms with Crippen molar-refractivity contribution in [2.24, 2.45) is 0 Å². The normalized spacial score (nSPS) is 13.2. The van der Waals surface area contributed by atoms with Crippen LogP contribution < -0.4 is 9.47 Å². The Labute approximate surface area is 132 Å². The van der Waals surface area contributed by atoms with E-state index in [2.05, 4.69) is 5.10 Å². The summed E-state index contributed by atoms with van der Waals surface area (Å²) in [6, 6.07) is 4.45. The predicted octanol–water partition coefficient (Wildman–Crippen LogP) is 2.66. The van der Waals surface area contributed by atoms with Gasteiger partial charge in [0.05, 0.1) is 25.9 Å². The molecule has 2 heterocycles. The zero-order chi connectivity index (χ0) is 16.4. The van der Waals surface area contributed by atoms with Gasteiger partial charge in [-0.1, -0.05) is 6.07 Å². The minimum Gasteiger partial charge on any atom is -0.496 e. The van der Waals surface area contributed by atoms with E-state index in [0.717, 1.165) is 6.42 Å². The van der Waals surface area contributed by atoms with E-state index in [9.17, 15) is 9.18 Å². The molecule has 122 valence electrons. The molecule has 23 heavy (non-hydrogen) atoms.